The van der Waals surface area contributed by atoms with Crippen molar-refractivity contribution < 1.29 is 18.1 Å². The monoisotopic (exact) mass is 450 g/mol. The van der Waals surface area contributed by atoms with E-state index in [-0.39, 0.29) is 23.3 Å². The molecule has 4 nitrogen and oxygen atoms in total. The molecule has 0 saturated carbocycles. The number of piperidine rings is 1. The molecule has 1 aromatic heterocycles. The van der Waals surface area contributed by atoms with Gasteiger partial charge in [0.15, 0.2) is 5.78 Å². The number of hydrogen-bond donors (Lipinski definition) is 0. The molecule has 1 fully saturated rings. The lowest BCUT2D eigenvalue weighted by Gasteiger charge is -2.32. The number of likely N-dealkylation sites (tertiary alicyclic amines) is 1. The highest BCUT2D eigenvalue weighted by molar-refractivity contribution is 6.04. The van der Waals surface area contributed by atoms with Crippen LogP contribution in [0.4, 0.5) is 8.78 Å². The summed E-state index contributed by atoms with van der Waals surface area (Å²) in [6, 6.07) is 13.0. The number of hydrogen-bond acceptors (Lipinski definition) is 4. The maximum atomic E-state index is 13.7. The van der Waals surface area contributed by atoms with Gasteiger partial charge in [0.25, 0.3) is 0 Å². The summed E-state index contributed by atoms with van der Waals surface area (Å²) in [5.41, 5.74) is 2.81. The van der Waals surface area contributed by atoms with Crippen LogP contribution in [0.1, 0.15) is 59.7 Å². The van der Waals surface area contributed by atoms with Crippen molar-refractivity contribution in [1.82, 2.24) is 10.1 Å². The molecule has 0 spiro atoms. The quantitative estimate of drug-likeness (QED) is 0.460. The Morgan fingerprint density at radius 2 is 1.79 bits per heavy atom. The number of aromatic nitrogens is 1. The Labute approximate surface area is 192 Å². The average molecular weight is 451 g/mol. The molecule has 1 unspecified atom stereocenters. The van der Waals surface area contributed by atoms with Gasteiger partial charge in [-0.2, -0.15) is 0 Å². The Balaban J connectivity index is 1.15. The molecule has 1 atom stereocenters. The van der Waals surface area contributed by atoms with Crippen molar-refractivity contribution in [2.24, 2.45) is 5.92 Å². The van der Waals surface area contributed by atoms with Gasteiger partial charge in [0.05, 0.1) is 5.56 Å². The second-order valence-corrected chi connectivity index (χ2v) is 9.25. The molecule has 2 heterocycles. The zero-order valence-electron chi connectivity index (χ0n) is 18.6. The van der Waals surface area contributed by atoms with Gasteiger partial charge in [-0.3, -0.25) is 4.79 Å². The highest BCUT2D eigenvalue weighted by Gasteiger charge is 2.34. The van der Waals surface area contributed by atoms with Crippen LogP contribution in [0.15, 0.2) is 53.1 Å². The number of carbonyl (C=O) groups excluding carboxylic acids is 1. The van der Waals surface area contributed by atoms with Crippen molar-refractivity contribution in [1.29, 1.82) is 0 Å². The minimum absolute atomic E-state index is 0.0408. The predicted octanol–water partition coefficient (Wildman–Crippen LogP) is 6.02. The number of aryl methyl sites for hydroxylation is 1. The van der Waals surface area contributed by atoms with Gasteiger partial charge in [-0.25, -0.2) is 8.78 Å². The topological polar surface area (TPSA) is 46.3 Å². The number of ketones is 1. The maximum absolute atomic E-state index is 13.7. The lowest BCUT2D eigenvalue weighted by Crippen LogP contribution is -2.34. The number of fused-ring (bicyclic) bond motifs is 1. The van der Waals surface area contributed by atoms with E-state index < -0.39 is 0 Å². The van der Waals surface area contributed by atoms with Crippen molar-refractivity contribution in [2.75, 3.05) is 19.6 Å². The first-order valence-electron chi connectivity index (χ1n) is 11.8. The molecule has 0 radical (unpaired) electrons. The van der Waals surface area contributed by atoms with E-state index in [0.717, 1.165) is 51.7 Å². The van der Waals surface area contributed by atoms with E-state index in [0.29, 0.717) is 34.9 Å². The van der Waals surface area contributed by atoms with Gasteiger partial charge in [0.2, 0.25) is 0 Å². The summed E-state index contributed by atoms with van der Waals surface area (Å²) in [5, 5.41) is 4.09. The van der Waals surface area contributed by atoms with Gasteiger partial charge in [0.1, 0.15) is 23.1 Å². The molecule has 0 bridgehead atoms. The van der Waals surface area contributed by atoms with Crippen LogP contribution in [-0.2, 0) is 6.42 Å². The molecule has 33 heavy (non-hydrogen) atoms. The van der Waals surface area contributed by atoms with E-state index in [9.17, 15) is 13.6 Å². The summed E-state index contributed by atoms with van der Waals surface area (Å²) in [6.07, 6.45) is 5.43. The van der Waals surface area contributed by atoms with Crippen molar-refractivity contribution in [2.45, 2.75) is 44.4 Å². The fourth-order valence-corrected chi connectivity index (χ4v) is 5.28. The number of nitrogens with zero attached hydrogens (tertiary/aromatic N) is 2. The molecule has 2 aromatic carbocycles. The summed E-state index contributed by atoms with van der Waals surface area (Å²) in [6.45, 7) is 3.04. The van der Waals surface area contributed by atoms with Crippen molar-refractivity contribution >= 4 is 5.78 Å². The summed E-state index contributed by atoms with van der Waals surface area (Å²) in [5.74, 6) is 0.614. The highest BCUT2D eigenvalue weighted by atomic mass is 19.1. The van der Waals surface area contributed by atoms with Gasteiger partial charge >= 0.3 is 0 Å². The highest BCUT2D eigenvalue weighted by Crippen LogP contribution is 2.35. The van der Waals surface area contributed by atoms with Crippen LogP contribution in [0.25, 0.3) is 11.3 Å². The molecule has 3 aromatic rings. The molecular formula is C27H28F2N2O2. The van der Waals surface area contributed by atoms with Crippen LogP contribution >= 0.6 is 0 Å². The number of rotatable bonds is 6. The van der Waals surface area contributed by atoms with Crippen LogP contribution in [0, 0.1) is 17.6 Å². The molecule has 0 N–H and O–H groups in total. The second kappa shape index (κ2) is 9.56. The van der Waals surface area contributed by atoms with E-state index in [2.05, 4.69) is 10.1 Å². The molecular weight excluding hydrogens is 422 g/mol. The fraction of sp³-hybridized carbons (Fsp3) is 0.407. The normalized spacial score (nSPS) is 19.6. The van der Waals surface area contributed by atoms with Gasteiger partial charge in [-0.05, 0) is 87.5 Å². The largest absolute Gasteiger partial charge is 0.360 e. The Kier molecular flexibility index (Phi) is 6.36. The first-order chi connectivity index (χ1) is 16.1. The Morgan fingerprint density at radius 3 is 2.55 bits per heavy atom. The van der Waals surface area contributed by atoms with Crippen LogP contribution in [0.2, 0.25) is 0 Å². The number of benzene rings is 2. The third-order valence-electron chi connectivity index (χ3n) is 7.15. The molecule has 1 aliphatic heterocycles. The van der Waals surface area contributed by atoms with E-state index >= 15 is 0 Å². The first kappa shape index (κ1) is 22.0. The molecule has 0 amide bonds. The fourth-order valence-electron chi connectivity index (χ4n) is 5.28. The molecule has 172 valence electrons. The van der Waals surface area contributed by atoms with Crippen molar-refractivity contribution in [3.8, 4) is 11.3 Å². The summed E-state index contributed by atoms with van der Waals surface area (Å²) in [7, 11) is 0. The van der Waals surface area contributed by atoms with E-state index in [4.69, 9.17) is 4.52 Å². The summed E-state index contributed by atoms with van der Waals surface area (Å²) < 4.78 is 32.3. The molecule has 6 heteroatoms. The van der Waals surface area contributed by atoms with Crippen LogP contribution in [0.5, 0.6) is 0 Å². The van der Waals surface area contributed by atoms with Gasteiger partial charge in [-0.1, -0.05) is 29.4 Å². The predicted molar refractivity (Wildman–Crippen MR) is 122 cm³/mol. The smallest absolute Gasteiger partial charge is 0.171 e. The van der Waals surface area contributed by atoms with E-state index in [1.54, 1.807) is 24.3 Å². The Hall–Kier alpha value is -2.86. The second-order valence-electron chi connectivity index (χ2n) is 9.25. The van der Waals surface area contributed by atoms with Gasteiger partial charge < -0.3 is 9.42 Å². The summed E-state index contributed by atoms with van der Waals surface area (Å²) >= 11 is 0. The zero-order chi connectivity index (χ0) is 22.8. The zero-order valence-corrected chi connectivity index (χ0v) is 18.6. The minimum Gasteiger partial charge on any atom is -0.360 e. The van der Waals surface area contributed by atoms with Crippen molar-refractivity contribution in [3.05, 3.63) is 77.1 Å². The minimum atomic E-state index is -0.354. The number of Topliss-reactive ketones (excluding diaryl/α,β-unsaturated/α-hetero) is 1. The molecule has 5 rings (SSSR count). The molecule has 1 aliphatic carbocycles. The van der Waals surface area contributed by atoms with Crippen LogP contribution < -0.4 is 0 Å². The van der Waals surface area contributed by atoms with Crippen LogP contribution in [-0.4, -0.2) is 35.5 Å². The average Bonchev–Trinajstić information content (AvgIpc) is 3.27. The maximum Gasteiger partial charge on any atom is 0.171 e. The Bertz CT molecular complexity index is 1120. The molecule has 2 aliphatic rings. The third kappa shape index (κ3) is 4.76. The van der Waals surface area contributed by atoms with Gasteiger partial charge in [0, 0.05) is 17.9 Å². The third-order valence-corrected chi connectivity index (χ3v) is 7.15. The lowest BCUT2D eigenvalue weighted by atomic mass is 9.82. The number of carbonyl (C=O) groups is 1. The van der Waals surface area contributed by atoms with Gasteiger partial charge in [-0.15, -0.1) is 0 Å². The van der Waals surface area contributed by atoms with E-state index in [1.807, 2.05) is 12.1 Å². The van der Waals surface area contributed by atoms with E-state index in [1.165, 1.54) is 17.7 Å². The van der Waals surface area contributed by atoms with Crippen molar-refractivity contribution in [3.63, 3.8) is 0 Å². The number of halogens is 2. The lowest BCUT2D eigenvalue weighted by molar-refractivity contribution is 0.0883. The summed E-state index contributed by atoms with van der Waals surface area (Å²) in [4.78, 5) is 15.7. The first-order valence-corrected chi connectivity index (χ1v) is 11.8. The molecule has 1 saturated heterocycles. The van der Waals surface area contributed by atoms with Crippen LogP contribution in [0.3, 0.4) is 0 Å². The Morgan fingerprint density at radius 1 is 1.00 bits per heavy atom. The standard InChI is InChI=1S/C27H28F2N2O2/c28-22-9-6-18(7-10-22)19-12-15-31(16-13-19)14-2-4-20-8-11-24-25(27(20)32)26(30-33-24)21-3-1-5-23(29)17-21/h1,3,5-7,9-10,17,19-20H,2,4,8,11-16H2. The SMILES string of the molecule is O=C1c2c(-c3cccc(F)c3)noc2CCC1CCCN1CCC(c2ccc(F)cc2)CC1.